The van der Waals surface area contributed by atoms with Crippen molar-refractivity contribution in [2.24, 2.45) is 0 Å². The number of anilines is 2. The van der Waals surface area contributed by atoms with Crippen LogP contribution in [0.15, 0.2) is 48.7 Å². The maximum Gasteiger partial charge on any atom is 0.357 e. The molecule has 0 unspecified atom stereocenters. The van der Waals surface area contributed by atoms with Gasteiger partial charge in [0.25, 0.3) is 5.91 Å². The van der Waals surface area contributed by atoms with Crippen LogP contribution in [-0.2, 0) is 4.74 Å². The summed E-state index contributed by atoms with van der Waals surface area (Å²) in [5.74, 6) is -1.13. The zero-order valence-corrected chi connectivity index (χ0v) is 16.8. The van der Waals surface area contributed by atoms with Crippen molar-refractivity contribution in [3.63, 3.8) is 0 Å². The topological polar surface area (TPSA) is 122 Å². The number of aryl methyl sites for hydroxylation is 2. The van der Waals surface area contributed by atoms with Gasteiger partial charge in [-0.15, -0.1) is 0 Å². The quantitative estimate of drug-likeness (QED) is 0.444. The van der Waals surface area contributed by atoms with Gasteiger partial charge in [-0.2, -0.15) is 5.26 Å². The molecule has 0 bridgehead atoms. The van der Waals surface area contributed by atoms with E-state index in [0.717, 1.165) is 16.8 Å². The van der Waals surface area contributed by atoms with Crippen molar-refractivity contribution < 1.29 is 14.3 Å². The Hall–Kier alpha value is -4.25. The second-order valence-electron chi connectivity index (χ2n) is 6.64. The molecule has 0 aliphatic heterocycles. The Kier molecular flexibility index (Phi) is 5.74. The minimum Gasteiger partial charge on any atom is -0.464 e. The van der Waals surface area contributed by atoms with E-state index in [0.29, 0.717) is 5.69 Å². The zero-order valence-electron chi connectivity index (χ0n) is 16.8. The van der Waals surface area contributed by atoms with Gasteiger partial charge in [-0.05, 0) is 37.1 Å². The molecule has 0 radical (unpaired) electrons. The lowest BCUT2D eigenvalue weighted by Crippen LogP contribution is -2.31. The lowest BCUT2D eigenvalue weighted by Gasteiger charge is -2.16. The first kappa shape index (κ1) is 20.5. The van der Waals surface area contributed by atoms with Crippen molar-refractivity contribution in [3.8, 4) is 11.8 Å². The van der Waals surface area contributed by atoms with Crippen LogP contribution in [0.4, 0.5) is 11.4 Å². The number of ether oxygens (including phenoxy) is 1. The highest BCUT2D eigenvalue weighted by molar-refractivity contribution is 6.00. The summed E-state index contributed by atoms with van der Waals surface area (Å²) in [6, 6.07) is 14.4. The number of hydrogen-bond donors (Lipinski definition) is 3. The molecule has 0 saturated heterocycles. The van der Waals surface area contributed by atoms with Gasteiger partial charge in [-0.3, -0.25) is 15.6 Å². The second-order valence-corrected chi connectivity index (χ2v) is 6.64. The largest absolute Gasteiger partial charge is 0.464 e. The number of hydrogen-bond acceptors (Lipinski definition) is 6. The van der Waals surface area contributed by atoms with E-state index in [1.165, 1.54) is 17.9 Å². The lowest BCUT2D eigenvalue weighted by atomic mass is 10.1. The number of nitrogens with zero attached hydrogens (tertiary/aromatic N) is 2. The Balaban J connectivity index is 2.01. The van der Waals surface area contributed by atoms with Crippen molar-refractivity contribution in [2.75, 3.05) is 18.3 Å². The van der Waals surface area contributed by atoms with E-state index >= 15 is 0 Å². The van der Waals surface area contributed by atoms with Crippen LogP contribution in [0, 0.1) is 25.2 Å². The number of nitrogen functional groups attached to an aromatic ring is 1. The number of benzene rings is 2. The van der Waals surface area contributed by atoms with Crippen molar-refractivity contribution in [3.05, 3.63) is 76.6 Å². The number of nitriles is 1. The fraction of sp³-hybridized carbons (Fsp3) is 0.136. The number of amides is 1. The third kappa shape index (κ3) is 3.69. The van der Waals surface area contributed by atoms with E-state index < -0.39 is 11.9 Å². The molecule has 8 nitrogen and oxygen atoms in total. The van der Waals surface area contributed by atoms with Crippen molar-refractivity contribution in [2.45, 2.75) is 13.8 Å². The van der Waals surface area contributed by atoms with Crippen LogP contribution in [-0.4, -0.2) is 23.6 Å². The molecule has 152 valence electrons. The van der Waals surface area contributed by atoms with Crippen LogP contribution in [0.2, 0.25) is 0 Å². The summed E-state index contributed by atoms with van der Waals surface area (Å²) < 4.78 is 6.20. The van der Waals surface area contributed by atoms with Gasteiger partial charge in [0.2, 0.25) is 0 Å². The standard InChI is InChI=1S/C22H21N5O3/c1-13-7-6-8-14(2)19(13)25-26-21(28)16-9-4-5-10-17(16)27-12-15(11-23)18(24)20(27)22(29)30-3/h4-10,12,25H,24H2,1-3H3,(H,26,28). The molecule has 1 heterocycles. The zero-order chi connectivity index (χ0) is 21.8. The van der Waals surface area contributed by atoms with E-state index in [4.69, 9.17) is 10.5 Å². The molecule has 1 amide bonds. The molecule has 30 heavy (non-hydrogen) atoms. The predicted octanol–water partition coefficient (Wildman–Crippen LogP) is 3.09. The maximum absolute atomic E-state index is 12.9. The number of aromatic nitrogens is 1. The van der Waals surface area contributed by atoms with Crippen LogP contribution in [0.3, 0.4) is 0 Å². The van der Waals surface area contributed by atoms with E-state index in [1.54, 1.807) is 24.3 Å². The minimum atomic E-state index is -0.710. The van der Waals surface area contributed by atoms with Gasteiger partial charge in [0, 0.05) is 6.20 Å². The molecule has 0 aliphatic rings. The number of esters is 1. The molecule has 0 aliphatic carbocycles. The third-order valence-corrected chi connectivity index (χ3v) is 4.73. The van der Waals surface area contributed by atoms with Gasteiger partial charge in [0.15, 0.2) is 5.69 Å². The summed E-state index contributed by atoms with van der Waals surface area (Å²) >= 11 is 0. The first-order valence-electron chi connectivity index (χ1n) is 9.10. The van der Waals surface area contributed by atoms with E-state index in [-0.39, 0.29) is 22.5 Å². The number of methoxy groups -OCH3 is 1. The number of hydrazine groups is 1. The molecule has 0 fully saturated rings. The first-order chi connectivity index (χ1) is 14.4. The fourth-order valence-corrected chi connectivity index (χ4v) is 3.18. The molecule has 1 aromatic heterocycles. The summed E-state index contributed by atoms with van der Waals surface area (Å²) in [5, 5.41) is 9.31. The van der Waals surface area contributed by atoms with Crippen LogP contribution < -0.4 is 16.6 Å². The molecule has 4 N–H and O–H groups in total. The average Bonchev–Trinajstić information content (AvgIpc) is 3.08. The number of nitrogens with one attached hydrogen (secondary N) is 2. The summed E-state index contributed by atoms with van der Waals surface area (Å²) in [5.41, 5.74) is 15.1. The van der Waals surface area contributed by atoms with Crippen LogP contribution >= 0.6 is 0 Å². The summed E-state index contributed by atoms with van der Waals surface area (Å²) in [6.07, 6.45) is 1.41. The Morgan fingerprint density at radius 2 is 1.77 bits per heavy atom. The number of carbonyl (C=O) groups excluding carboxylic acids is 2. The molecule has 3 aromatic rings. The van der Waals surface area contributed by atoms with E-state index in [1.807, 2.05) is 38.1 Å². The monoisotopic (exact) mass is 403 g/mol. The Morgan fingerprint density at radius 1 is 1.10 bits per heavy atom. The van der Waals surface area contributed by atoms with Crippen molar-refractivity contribution in [1.82, 2.24) is 9.99 Å². The van der Waals surface area contributed by atoms with E-state index in [9.17, 15) is 14.9 Å². The molecule has 2 aromatic carbocycles. The average molecular weight is 403 g/mol. The van der Waals surface area contributed by atoms with Crippen LogP contribution in [0.5, 0.6) is 0 Å². The van der Waals surface area contributed by atoms with Gasteiger partial charge >= 0.3 is 5.97 Å². The first-order valence-corrected chi connectivity index (χ1v) is 9.10. The highest BCUT2D eigenvalue weighted by atomic mass is 16.5. The van der Waals surface area contributed by atoms with Gasteiger partial charge in [0.05, 0.1) is 35.3 Å². The Bertz CT molecular complexity index is 1150. The summed E-state index contributed by atoms with van der Waals surface area (Å²) in [4.78, 5) is 25.2. The predicted molar refractivity (Wildman–Crippen MR) is 113 cm³/mol. The lowest BCUT2D eigenvalue weighted by molar-refractivity contribution is 0.0592. The highest BCUT2D eigenvalue weighted by Crippen LogP contribution is 2.27. The maximum atomic E-state index is 12.9. The molecular formula is C22H21N5O3. The molecule has 0 saturated carbocycles. The summed E-state index contributed by atoms with van der Waals surface area (Å²) in [6.45, 7) is 3.87. The summed E-state index contributed by atoms with van der Waals surface area (Å²) in [7, 11) is 1.22. The minimum absolute atomic E-state index is 0.00628. The number of nitrogens with two attached hydrogens (primary N) is 1. The van der Waals surface area contributed by atoms with Gasteiger partial charge in [0.1, 0.15) is 6.07 Å². The number of rotatable bonds is 5. The van der Waals surface area contributed by atoms with Gasteiger partial charge in [-0.25, -0.2) is 4.79 Å². The van der Waals surface area contributed by atoms with Gasteiger partial charge in [-0.1, -0.05) is 30.3 Å². The molecule has 8 heteroatoms. The highest BCUT2D eigenvalue weighted by Gasteiger charge is 2.24. The van der Waals surface area contributed by atoms with Crippen LogP contribution in [0.1, 0.15) is 37.5 Å². The number of carbonyl (C=O) groups is 2. The molecule has 3 rings (SSSR count). The SMILES string of the molecule is COC(=O)c1c(N)c(C#N)cn1-c1ccccc1C(=O)NNc1c(C)cccc1C. The number of para-hydroxylation sites is 2. The Morgan fingerprint density at radius 3 is 2.40 bits per heavy atom. The van der Waals surface area contributed by atoms with Gasteiger partial charge < -0.3 is 15.0 Å². The van der Waals surface area contributed by atoms with E-state index in [2.05, 4.69) is 10.9 Å². The Labute approximate surface area is 173 Å². The third-order valence-electron chi connectivity index (χ3n) is 4.73. The van der Waals surface area contributed by atoms with Crippen LogP contribution in [0.25, 0.3) is 5.69 Å². The smallest absolute Gasteiger partial charge is 0.357 e. The molecule has 0 spiro atoms. The molecule has 0 atom stereocenters. The molecular weight excluding hydrogens is 382 g/mol. The second kappa shape index (κ2) is 8.41. The normalized spacial score (nSPS) is 10.2. The van der Waals surface area contributed by atoms with Crippen molar-refractivity contribution in [1.29, 1.82) is 5.26 Å². The van der Waals surface area contributed by atoms with Crippen molar-refractivity contribution >= 4 is 23.3 Å². The fourth-order valence-electron chi connectivity index (χ4n) is 3.18.